The summed E-state index contributed by atoms with van der Waals surface area (Å²) in [5, 5.41) is 30.3. The molecule has 1 amide bonds. The van der Waals surface area contributed by atoms with Crippen molar-refractivity contribution in [1.29, 1.82) is 0 Å². The van der Waals surface area contributed by atoms with Gasteiger partial charge in [-0.25, -0.2) is 4.79 Å². The first-order valence-corrected chi connectivity index (χ1v) is 6.02. The monoisotopic (exact) mass is 265 g/mol. The van der Waals surface area contributed by atoms with Crippen LogP contribution in [0.2, 0.25) is 0 Å². The van der Waals surface area contributed by atoms with Gasteiger partial charge in [-0.05, 0) is 31.0 Å². The van der Waals surface area contributed by atoms with E-state index in [4.69, 9.17) is 0 Å². The SMILES string of the molecule is O=C(NC1(C(=O)O)CCCC1)c1ccc(O)c(O)c1. The van der Waals surface area contributed by atoms with E-state index < -0.39 is 23.2 Å². The van der Waals surface area contributed by atoms with Crippen molar-refractivity contribution < 1.29 is 24.9 Å². The van der Waals surface area contributed by atoms with Crippen LogP contribution in [0.4, 0.5) is 0 Å². The Labute approximate surface area is 109 Å². The van der Waals surface area contributed by atoms with Gasteiger partial charge in [0.25, 0.3) is 5.91 Å². The molecule has 1 aromatic rings. The topological polar surface area (TPSA) is 107 Å². The van der Waals surface area contributed by atoms with Crippen molar-refractivity contribution in [2.75, 3.05) is 0 Å². The smallest absolute Gasteiger partial charge is 0.329 e. The molecule has 102 valence electrons. The van der Waals surface area contributed by atoms with Crippen molar-refractivity contribution in [3.63, 3.8) is 0 Å². The Balaban J connectivity index is 2.20. The number of carbonyl (C=O) groups excluding carboxylic acids is 1. The maximum absolute atomic E-state index is 12.0. The fourth-order valence-corrected chi connectivity index (χ4v) is 2.33. The molecule has 0 aliphatic heterocycles. The second-order valence-corrected chi connectivity index (χ2v) is 4.75. The maximum atomic E-state index is 12.0. The molecule has 0 bridgehead atoms. The van der Waals surface area contributed by atoms with Gasteiger partial charge in [0.15, 0.2) is 11.5 Å². The minimum atomic E-state index is -1.22. The molecule has 0 heterocycles. The number of phenolic OH excluding ortho intramolecular Hbond substituents is 2. The first-order chi connectivity index (χ1) is 8.94. The highest BCUT2D eigenvalue weighted by Crippen LogP contribution is 2.31. The number of hydrogen-bond donors (Lipinski definition) is 4. The lowest BCUT2D eigenvalue weighted by atomic mass is 9.97. The van der Waals surface area contributed by atoms with Gasteiger partial charge in [-0.2, -0.15) is 0 Å². The zero-order valence-electron chi connectivity index (χ0n) is 10.2. The van der Waals surface area contributed by atoms with E-state index in [1.807, 2.05) is 0 Å². The number of hydrogen-bond acceptors (Lipinski definition) is 4. The molecule has 0 saturated heterocycles. The molecule has 1 aliphatic rings. The van der Waals surface area contributed by atoms with Crippen LogP contribution in [0.15, 0.2) is 18.2 Å². The summed E-state index contributed by atoms with van der Waals surface area (Å²) in [5.41, 5.74) is -1.10. The Morgan fingerprint density at radius 1 is 1.11 bits per heavy atom. The quantitative estimate of drug-likeness (QED) is 0.615. The van der Waals surface area contributed by atoms with Crippen molar-refractivity contribution in [3.05, 3.63) is 23.8 Å². The van der Waals surface area contributed by atoms with Crippen LogP contribution in [0.25, 0.3) is 0 Å². The van der Waals surface area contributed by atoms with Crippen molar-refractivity contribution in [2.24, 2.45) is 0 Å². The lowest BCUT2D eigenvalue weighted by Gasteiger charge is -2.25. The predicted octanol–water partition coefficient (Wildman–Crippen LogP) is 1.22. The number of carboxylic acids is 1. The van der Waals surface area contributed by atoms with E-state index in [2.05, 4.69) is 5.32 Å². The van der Waals surface area contributed by atoms with E-state index in [-0.39, 0.29) is 11.3 Å². The van der Waals surface area contributed by atoms with Crippen LogP contribution in [-0.4, -0.2) is 32.7 Å². The normalized spacial score (nSPS) is 17.1. The molecule has 1 aliphatic carbocycles. The van der Waals surface area contributed by atoms with Crippen LogP contribution in [0, 0.1) is 0 Å². The van der Waals surface area contributed by atoms with E-state index >= 15 is 0 Å². The first-order valence-electron chi connectivity index (χ1n) is 6.02. The molecule has 19 heavy (non-hydrogen) atoms. The van der Waals surface area contributed by atoms with Gasteiger partial charge < -0.3 is 20.6 Å². The van der Waals surface area contributed by atoms with Gasteiger partial charge in [-0.3, -0.25) is 4.79 Å². The zero-order chi connectivity index (χ0) is 14.0. The number of amides is 1. The highest BCUT2D eigenvalue weighted by molar-refractivity contribution is 5.98. The predicted molar refractivity (Wildman–Crippen MR) is 66.1 cm³/mol. The molecule has 2 rings (SSSR count). The summed E-state index contributed by atoms with van der Waals surface area (Å²) in [4.78, 5) is 23.3. The van der Waals surface area contributed by atoms with Gasteiger partial charge in [0.2, 0.25) is 0 Å². The molecule has 1 saturated carbocycles. The number of aromatic hydroxyl groups is 2. The van der Waals surface area contributed by atoms with Crippen molar-refractivity contribution in [3.8, 4) is 11.5 Å². The Kier molecular flexibility index (Phi) is 3.33. The number of carbonyl (C=O) groups is 2. The Morgan fingerprint density at radius 3 is 2.26 bits per heavy atom. The van der Waals surface area contributed by atoms with Crippen molar-refractivity contribution in [2.45, 2.75) is 31.2 Å². The van der Waals surface area contributed by atoms with Gasteiger partial charge in [-0.15, -0.1) is 0 Å². The second-order valence-electron chi connectivity index (χ2n) is 4.75. The Hall–Kier alpha value is -2.24. The number of benzene rings is 1. The van der Waals surface area contributed by atoms with Crippen LogP contribution in [0.5, 0.6) is 11.5 Å². The average Bonchev–Trinajstić information content (AvgIpc) is 2.82. The lowest BCUT2D eigenvalue weighted by molar-refractivity contribution is -0.144. The summed E-state index contributed by atoms with van der Waals surface area (Å²) in [6.45, 7) is 0. The Bertz CT molecular complexity index is 520. The maximum Gasteiger partial charge on any atom is 0.329 e. The molecular weight excluding hydrogens is 250 g/mol. The number of phenols is 2. The third-order valence-electron chi connectivity index (χ3n) is 3.46. The minimum absolute atomic E-state index is 0.114. The molecule has 0 atom stereocenters. The molecule has 1 fully saturated rings. The summed E-state index contributed by atoms with van der Waals surface area (Å²) < 4.78 is 0. The minimum Gasteiger partial charge on any atom is -0.504 e. The van der Waals surface area contributed by atoms with Gasteiger partial charge in [0.1, 0.15) is 5.54 Å². The molecule has 4 N–H and O–H groups in total. The average molecular weight is 265 g/mol. The summed E-state index contributed by atoms with van der Waals surface area (Å²) in [6, 6.07) is 3.62. The Morgan fingerprint density at radius 2 is 1.74 bits per heavy atom. The molecule has 0 aromatic heterocycles. The summed E-state index contributed by atoms with van der Waals surface area (Å²) >= 11 is 0. The van der Waals surface area contributed by atoms with Gasteiger partial charge in [0.05, 0.1) is 0 Å². The summed E-state index contributed by atoms with van der Waals surface area (Å²) in [5.74, 6) is -2.35. The van der Waals surface area contributed by atoms with Crippen LogP contribution in [-0.2, 0) is 4.79 Å². The third-order valence-corrected chi connectivity index (χ3v) is 3.46. The third kappa shape index (κ3) is 2.47. The van der Waals surface area contributed by atoms with E-state index in [1.54, 1.807) is 0 Å². The van der Waals surface area contributed by atoms with Gasteiger partial charge in [0, 0.05) is 5.56 Å². The molecule has 0 unspecified atom stereocenters. The zero-order valence-corrected chi connectivity index (χ0v) is 10.2. The van der Waals surface area contributed by atoms with Crippen LogP contribution in [0.1, 0.15) is 36.0 Å². The molecule has 6 heteroatoms. The summed E-state index contributed by atoms with van der Waals surface area (Å²) in [7, 11) is 0. The standard InChI is InChI=1S/C13H15NO5/c15-9-4-3-8(7-10(9)16)11(17)14-13(12(18)19)5-1-2-6-13/h3-4,7,15-16H,1-2,5-6H2,(H,14,17)(H,18,19). The van der Waals surface area contributed by atoms with Crippen LogP contribution >= 0.6 is 0 Å². The van der Waals surface area contributed by atoms with E-state index in [1.165, 1.54) is 12.1 Å². The van der Waals surface area contributed by atoms with E-state index in [9.17, 15) is 24.9 Å². The number of nitrogens with one attached hydrogen (secondary N) is 1. The summed E-state index contributed by atoms with van der Waals surface area (Å²) in [6.07, 6.45) is 2.32. The highest BCUT2D eigenvalue weighted by atomic mass is 16.4. The van der Waals surface area contributed by atoms with Crippen molar-refractivity contribution in [1.82, 2.24) is 5.32 Å². The fraction of sp³-hybridized carbons (Fsp3) is 0.385. The van der Waals surface area contributed by atoms with Gasteiger partial charge in [-0.1, -0.05) is 12.8 Å². The lowest BCUT2D eigenvalue weighted by Crippen LogP contribution is -2.52. The largest absolute Gasteiger partial charge is 0.504 e. The second kappa shape index (κ2) is 4.79. The number of rotatable bonds is 3. The molecule has 0 radical (unpaired) electrons. The first kappa shape index (κ1) is 13.2. The fourth-order valence-electron chi connectivity index (χ4n) is 2.33. The van der Waals surface area contributed by atoms with E-state index in [0.29, 0.717) is 12.8 Å². The molecule has 1 aromatic carbocycles. The molecule has 0 spiro atoms. The molecular formula is C13H15NO5. The van der Waals surface area contributed by atoms with E-state index in [0.717, 1.165) is 18.9 Å². The van der Waals surface area contributed by atoms with Gasteiger partial charge >= 0.3 is 5.97 Å². The highest BCUT2D eigenvalue weighted by Gasteiger charge is 2.42. The number of aliphatic carboxylic acids is 1. The van der Waals surface area contributed by atoms with Crippen molar-refractivity contribution >= 4 is 11.9 Å². The molecule has 6 nitrogen and oxygen atoms in total. The van der Waals surface area contributed by atoms with Crippen LogP contribution in [0.3, 0.4) is 0 Å². The van der Waals surface area contributed by atoms with Crippen LogP contribution < -0.4 is 5.32 Å². The number of carboxylic acid groups (broad SMARTS) is 1.